The molecule has 28 heteroatoms. The van der Waals surface area contributed by atoms with E-state index in [1.165, 1.54) is 115 Å². The summed E-state index contributed by atoms with van der Waals surface area (Å²) in [6.07, 6.45) is 28.5. The van der Waals surface area contributed by atoms with E-state index in [1.54, 1.807) is 63.9 Å². The Kier molecular flexibility index (Phi) is 21.2. The second-order valence-electron chi connectivity index (χ2n) is 27.0. The van der Waals surface area contributed by atoms with E-state index < -0.39 is 62.2 Å². The van der Waals surface area contributed by atoms with Crippen LogP contribution in [-0.2, 0) is 60.3 Å². The largest absolute Gasteiger partial charge is 0.461 e. The van der Waals surface area contributed by atoms with Crippen molar-refractivity contribution in [1.82, 2.24) is 54.0 Å². The fraction of sp³-hybridized carbons (Fsp3) is 0.772. The van der Waals surface area contributed by atoms with Gasteiger partial charge in [-0.2, -0.15) is 0 Å². The summed E-state index contributed by atoms with van der Waals surface area (Å²) in [5.41, 5.74) is 11.4. The molecule has 0 bridgehead atoms. The number of imidazole rings is 2. The van der Waals surface area contributed by atoms with Crippen molar-refractivity contribution in [2.45, 2.75) is 250 Å². The molecular formula is C57H92ClN13O12P2. The van der Waals surface area contributed by atoms with E-state index in [4.69, 9.17) is 56.7 Å². The zero-order valence-electron chi connectivity index (χ0n) is 50.9. The number of hydrogen-bond acceptors (Lipinski definition) is 19. The molecule has 4 aromatic rings. The van der Waals surface area contributed by atoms with Gasteiger partial charge in [0.2, 0.25) is 7.44 Å². The number of nitrogens with one attached hydrogen (secondary N) is 3. The van der Waals surface area contributed by atoms with Gasteiger partial charge in [0, 0.05) is 0 Å². The third-order valence-electron chi connectivity index (χ3n) is 18.1. The highest BCUT2D eigenvalue weighted by Crippen LogP contribution is 2.55. The van der Waals surface area contributed by atoms with Gasteiger partial charge in [0.1, 0.15) is 71.3 Å². The number of carbonyl (C=O) groups excluding carboxylic acids is 3. The summed E-state index contributed by atoms with van der Waals surface area (Å²) < 4.78 is 57.7. The second-order valence-corrected chi connectivity index (χ2v) is 30.9. The average molecular weight is 1250 g/mol. The van der Waals surface area contributed by atoms with Crippen LogP contribution in [0.15, 0.2) is 25.3 Å². The van der Waals surface area contributed by atoms with Gasteiger partial charge < -0.3 is 54.1 Å². The third-order valence-corrected chi connectivity index (χ3v) is 21.4. The Morgan fingerprint density at radius 3 is 1.24 bits per heavy atom. The van der Waals surface area contributed by atoms with Crippen LogP contribution in [0.3, 0.4) is 0 Å². The number of nitrogens with zero attached hydrogens (tertiary/aromatic N) is 8. The quantitative estimate of drug-likeness (QED) is 0.0177. The molecule has 4 heterocycles. The maximum atomic E-state index is 14.8. The van der Waals surface area contributed by atoms with Crippen molar-refractivity contribution < 1.29 is 57.0 Å². The fourth-order valence-electron chi connectivity index (χ4n) is 13.3. The van der Waals surface area contributed by atoms with Crippen LogP contribution in [-0.4, -0.2) is 127 Å². The molecular weight excluding hydrogens is 1160 g/mol. The van der Waals surface area contributed by atoms with E-state index in [-0.39, 0.29) is 42.3 Å². The molecule has 0 amide bonds. The van der Waals surface area contributed by atoms with E-state index in [0.29, 0.717) is 51.7 Å². The minimum Gasteiger partial charge on any atom is -0.461 e. The number of halogens is 1. The van der Waals surface area contributed by atoms with Crippen LogP contribution >= 0.6 is 26.8 Å². The molecule has 6 aliphatic carbocycles. The first-order valence-corrected chi connectivity index (χ1v) is 34.3. The summed E-state index contributed by atoms with van der Waals surface area (Å²) in [6.45, 7) is 14.3. The lowest BCUT2D eigenvalue weighted by Crippen LogP contribution is -2.56. The number of anilines is 2. The van der Waals surface area contributed by atoms with Gasteiger partial charge in [0.15, 0.2) is 22.9 Å². The van der Waals surface area contributed by atoms with E-state index in [0.717, 1.165) is 38.5 Å². The molecule has 25 nitrogen and oxygen atoms in total. The maximum Gasteiger partial charge on any atom is 0.350 e. The first-order chi connectivity index (χ1) is 39.9. The van der Waals surface area contributed by atoms with E-state index in [1.807, 2.05) is 6.92 Å². The molecule has 10 rings (SSSR count). The monoisotopic (exact) mass is 1250 g/mol. The van der Waals surface area contributed by atoms with Gasteiger partial charge in [-0.05, 0) is 160 Å². The molecule has 85 heavy (non-hydrogen) atoms. The number of carbonyl (C=O) groups is 3. The van der Waals surface area contributed by atoms with Gasteiger partial charge in [0.25, 0.3) is 0 Å². The minimum atomic E-state index is -4.16. The summed E-state index contributed by atoms with van der Waals surface area (Å²) in [5, 5.41) is 6.13. The molecule has 0 aliphatic heterocycles. The summed E-state index contributed by atoms with van der Waals surface area (Å²) >= 11 is 5.52. The lowest BCUT2D eigenvalue weighted by molar-refractivity contribution is -0.170. The maximum absolute atomic E-state index is 14.8. The van der Waals surface area contributed by atoms with Gasteiger partial charge >= 0.3 is 25.5 Å². The molecule has 0 aromatic carbocycles. The summed E-state index contributed by atoms with van der Waals surface area (Å²) in [5.74, 6) is -0.637. The normalized spacial score (nSPS) is 22.5. The number of aromatic nitrogens is 8. The van der Waals surface area contributed by atoms with Crippen LogP contribution in [0.2, 0.25) is 0 Å². The molecule has 6 saturated carbocycles. The number of esters is 3. The number of nitrogens with two attached hydrogens (primary N) is 2. The third kappa shape index (κ3) is 17.3. The average Bonchev–Trinajstić information content (AvgIpc) is 4.15. The van der Waals surface area contributed by atoms with Crippen LogP contribution in [0.4, 0.5) is 11.6 Å². The first kappa shape index (κ1) is 66.5. The summed E-state index contributed by atoms with van der Waals surface area (Å²) in [6, 6.07) is 0. The zero-order chi connectivity index (χ0) is 61.6. The molecule has 6 aliphatic rings. The molecule has 6 fully saturated rings. The van der Waals surface area contributed by atoms with E-state index >= 15 is 0 Å². The number of nitrogen functional groups attached to an aromatic ring is 2. The van der Waals surface area contributed by atoms with Crippen molar-refractivity contribution in [3.63, 3.8) is 0 Å². The Labute approximate surface area is 503 Å². The predicted octanol–water partition coefficient (Wildman–Crippen LogP) is 9.13. The van der Waals surface area contributed by atoms with Gasteiger partial charge in [-0.15, -0.1) is 0 Å². The van der Waals surface area contributed by atoms with Crippen molar-refractivity contribution in [2.24, 2.45) is 16.2 Å². The lowest BCUT2D eigenvalue weighted by atomic mass is 9.59. The number of rotatable bonds is 21. The Bertz CT molecular complexity index is 2960. The van der Waals surface area contributed by atoms with Crippen LogP contribution < -0.4 is 26.5 Å². The molecule has 0 unspecified atom stereocenters. The van der Waals surface area contributed by atoms with E-state index in [9.17, 15) is 23.5 Å². The lowest BCUT2D eigenvalue weighted by Gasteiger charge is -2.50. The topological polar surface area (TPSA) is 347 Å². The molecule has 9 N–H and O–H groups in total. The number of ether oxygens (including phenoxy) is 5. The molecule has 0 saturated heterocycles. The molecule has 474 valence electrons. The van der Waals surface area contributed by atoms with Crippen LogP contribution in [0.1, 0.15) is 190 Å². The smallest absolute Gasteiger partial charge is 0.350 e. The summed E-state index contributed by atoms with van der Waals surface area (Å²) in [7, 11) is -7.96. The van der Waals surface area contributed by atoms with Crippen molar-refractivity contribution in [1.29, 1.82) is 0 Å². The highest BCUT2D eigenvalue weighted by molar-refractivity contribution is 7.59. The highest BCUT2D eigenvalue weighted by atomic mass is 35.5. The second kappa shape index (κ2) is 27.1. The van der Waals surface area contributed by atoms with Gasteiger partial charge in [-0.25, -0.2) is 44.9 Å². The van der Waals surface area contributed by atoms with Crippen molar-refractivity contribution in [2.75, 3.05) is 24.2 Å². The van der Waals surface area contributed by atoms with Crippen molar-refractivity contribution in [3.8, 4) is 0 Å². The Hall–Kier alpha value is -4.42. The van der Waals surface area contributed by atoms with Gasteiger partial charge in [-0.1, -0.05) is 57.8 Å². The van der Waals surface area contributed by atoms with Crippen molar-refractivity contribution in [3.05, 3.63) is 25.3 Å². The minimum absolute atomic E-state index is 0.116. The molecule has 2 atom stereocenters. The number of hydrogen-bond donors (Lipinski definition) is 7. The van der Waals surface area contributed by atoms with Crippen LogP contribution in [0.25, 0.3) is 22.3 Å². The predicted molar refractivity (Wildman–Crippen MR) is 321 cm³/mol. The standard InChI is InChI=1S/C35H56N7O6P.C13H22ClNO2.C9H14N5O4P/c1-24(20-42-22-39-27-28(36)37-21-38-29(27)42)46-23-49(45,40-32(2,3)30(43)47-25-16-34(17-25)12-8-6-9-13-34)41-33(4,5)31(44)48-26-18-35(19-26)14-10-7-11-15-35;1-12(2,15-14)11(16)17-10-8-13(9-10)6-4-3-5-7-13;1-6(18-5-19(15,16)17)2-14-4-13-7-8(10)11-3-12-9(7)14/h21-22,24-26H,6-20,23H2,1-5H3,(H2,36,37,38)(H2,40,41,45);10,15H,3-9H2,1-2H3;3-4,6H,2,5H2,1H3,(H2,10,11,12)(H2,15,16,17)/t24-;;6-/m1.1/s1. The Morgan fingerprint density at radius 1 is 0.576 bits per heavy atom. The van der Waals surface area contributed by atoms with Gasteiger partial charge in [0.05, 0.1) is 38.0 Å². The number of fused-ring (bicyclic) bond motifs is 2. The zero-order valence-corrected chi connectivity index (χ0v) is 53.4. The molecule has 0 radical (unpaired) electrons. The molecule has 4 aromatic heterocycles. The first-order valence-electron chi connectivity index (χ1n) is 30.2. The Morgan fingerprint density at radius 2 is 0.906 bits per heavy atom. The SMILES string of the molecule is CC(C)(NCl)C(=O)OC1CC2(CCCCC2)C1.C[C@H](Cn1cnc2c(N)ncnc21)OCP(=O)(NC(C)(C)C(=O)OC1CC2(CCCCC2)C1)NC(C)(C)C(=O)OC1CC2(CCCCC2)C1.C[C@H](Cn1cnc2c(N)ncnc21)OCP(=O)(O)O. The van der Waals surface area contributed by atoms with Crippen LogP contribution in [0.5, 0.6) is 0 Å². The summed E-state index contributed by atoms with van der Waals surface area (Å²) in [4.78, 5) is 83.4. The van der Waals surface area contributed by atoms with Gasteiger partial charge in [-0.3, -0.25) is 23.5 Å². The highest BCUT2D eigenvalue weighted by Gasteiger charge is 2.52. The van der Waals surface area contributed by atoms with Crippen LogP contribution in [0, 0.1) is 16.2 Å². The molecule has 3 spiro atoms. The van der Waals surface area contributed by atoms with Crippen molar-refractivity contribution >= 4 is 78.7 Å². The fourth-order valence-corrected chi connectivity index (χ4v) is 16.5. The van der Waals surface area contributed by atoms with E-state index in [2.05, 4.69) is 44.9 Å². The Balaban J connectivity index is 0.000000211.